The van der Waals surface area contributed by atoms with E-state index in [1.165, 1.54) is 18.5 Å². The molecule has 1 aliphatic rings. The first-order valence-electron chi connectivity index (χ1n) is 10.3. The van der Waals surface area contributed by atoms with Gasteiger partial charge in [-0.3, -0.25) is 13.9 Å². The zero-order chi connectivity index (χ0) is 20.3. The van der Waals surface area contributed by atoms with Crippen molar-refractivity contribution in [1.29, 1.82) is 0 Å². The van der Waals surface area contributed by atoms with Crippen LogP contribution in [0.1, 0.15) is 42.3 Å². The summed E-state index contributed by atoms with van der Waals surface area (Å²) in [7, 11) is 0. The Kier molecular flexibility index (Phi) is 4.41. The van der Waals surface area contributed by atoms with Crippen molar-refractivity contribution in [2.24, 2.45) is 0 Å². The number of halogens is 1. The Bertz CT molecular complexity index is 1210. The van der Waals surface area contributed by atoms with Crippen LogP contribution in [0.3, 0.4) is 0 Å². The van der Waals surface area contributed by atoms with Gasteiger partial charge in [-0.25, -0.2) is 9.97 Å². The van der Waals surface area contributed by atoms with Gasteiger partial charge < -0.3 is 0 Å². The number of aryl methyl sites for hydroxylation is 3. The van der Waals surface area contributed by atoms with Crippen LogP contribution < -0.4 is 0 Å². The van der Waals surface area contributed by atoms with Crippen LogP contribution in [0.5, 0.6) is 0 Å². The summed E-state index contributed by atoms with van der Waals surface area (Å²) in [6.07, 6.45) is 4.44. The lowest BCUT2D eigenvalue weighted by Gasteiger charge is -2.19. The Morgan fingerprint density at radius 3 is 2.69 bits per heavy atom. The van der Waals surface area contributed by atoms with E-state index in [1.807, 2.05) is 18.3 Å². The molecular formula is C23H26ClN5. The van der Waals surface area contributed by atoms with Gasteiger partial charge in [0.2, 0.25) is 5.78 Å². The van der Waals surface area contributed by atoms with Gasteiger partial charge in [-0.05, 0) is 69.5 Å². The molecule has 3 heterocycles. The number of hydrogen-bond donors (Lipinski definition) is 0. The predicted octanol–water partition coefficient (Wildman–Crippen LogP) is 5.24. The number of pyridine rings is 1. The van der Waals surface area contributed by atoms with Gasteiger partial charge in [-0.2, -0.15) is 0 Å². The molecule has 0 N–H and O–H groups in total. The fraction of sp³-hybridized carbons (Fsp3) is 0.391. The number of aromatic nitrogens is 4. The van der Waals surface area contributed by atoms with Crippen LogP contribution >= 0.6 is 11.6 Å². The van der Waals surface area contributed by atoms with Crippen molar-refractivity contribution in [1.82, 2.24) is 23.8 Å². The van der Waals surface area contributed by atoms with Gasteiger partial charge >= 0.3 is 0 Å². The Balaban J connectivity index is 1.80. The van der Waals surface area contributed by atoms with E-state index in [4.69, 9.17) is 21.6 Å². The average Bonchev–Trinajstić information content (AvgIpc) is 3.41. The van der Waals surface area contributed by atoms with Crippen molar-refractivity contribution in [3.63, 3.8) is 0 Å². The molecule has 4 aromatic rings. The number of imidazole rings is 2. The maximum atomic E-state index is 6.74. The highest BCUT2D eigenvalue weighted by Crippen LogP contribution is 2.34. The second-order valence-corrected chi connectivity index (χ2v) is 8.57. The van der Waals surface area contributed by atoms with E-state index >= 15 is 0 Å². The van der Waals surface area contributed by atoms with Crippen molar-refractivity contribution in [3.05, 3.63) is 58.0 Å². The molecule has 0 aliphatic heterocycles. The van der Waals surface area contributed by atoms with Crippen molar-refractivity contribution in [2.45, 2.75) is 53.1 Å². The van der Waals surface area contributed by atoms with E-state index in [1.54, 1.807) is 0 Å². The lowest BCUT2D eigenvalue weighted by molar-refractivity contribution is 0.265. The van der Waals surface area contributed by atoms with Crippen molar-refractivity contribution < 1.29 is 0 Å². The Morgan fingerprint density at radius 1 is 1.21 bits per heavy atom. The van der Waals surface area contributed by atoms with Gasteiger partial charge in [0.1, 0.15) is 0 Å². The molecule has 0 bridgehead atoms. The average molecular weight is 408 g/mol. The number of hydrogen-bond acceptors (Lipinski definition) is 3. The molecule has 5 nitrogen and oxygen atoms in total. The minimum atomic E-state index is 0.713. The van der Waals surface area contributed by atoms with Crippen LogP contribution in [-0.2, 0) is 6.54 Å². The Hall–Kier alpha value is -2.37. The lowest BCUT2D eigenvalue weighted by Crippen LogP contribution is -2.26. The number of nitrogens with zero attached hydrogens (tertiary/aromatic N) is 5. The van der Waals surface area contributed by atoms with E-state index < -0.39 is 0 Å². The first-order valence-corrected chi connectivity index (χ1v) is 10.7. The molecule has 1 aliphatic carbocycles. The van der Waals surface area contributed by atoms with Crippen LogP contribution in [0.2, 0.25) is 5.02 Å². The van der Waals surface area contributed by atoms with Gasteiger partial charge in [0.15, 0.2) is 5.65 Å². The summed E-state index contributed by atoms with van der Waals surface area (Å²) in [5.41, 5.74) is 7.50. The molecule has 1 fully saturated rings. The second kappa shape index (κ2) is 6.85. The number of rotatable bonds is 5. The first kappa shape index (κ1) is 18.6. The predicted molar refractivity (Wildman–Crippen MR) is 118 cm³/mol. The lowest BCUT2D eigenvalue weighted by atomic mass is 10.1. The summed E-state index contributed by atoms with van der Waals surface area (Å²) >= 11 is 6.74. The molecule has 29 heavy (non-hydrogen) atoms. The van der Waals surface area contributed by atoms with Gasteiger partial charge in [0, 0.05) is 18.8 Å². The van der Waals surface area contributed by atoms with E-state index in [9.17, 15) is 0 Å². The molecule has 0 spiro atoms. The van der Waals surface area contributed by atoms with E-state index in [0.717, 1.165) is 57.6 Å². The minimum Gasteiger partial charge on any atom is -0.295 e. The third kappa shape index (κ3) is 2.95. The normalized spacial score (nSPS) is 14.6. The van der Waals surface area contributed by atoms with Crippen molar-refractivity contribution >= 4 is 28.5 Å². The van der Waals surface area contributed by atoms with Gasteiger partial charge in [0.25, 0.3) is 0 Å². The molecular weight excluding hydrogens is 382 g/mol. The van der Waals surface area contributed by atoms with Crippen LogP contribution in [0, 0.1) is 20.8 Å². The molecule has 6 heteroatoms. The van der Waals surface area contributed by atoms with Gasteiger partial charge in [-0.1, -0.05) is 24.6 Å². The summed E-state index contributed by atoms with van der Waals surface area (Å²) in [6, 6.07) is 9.01. The largest absolute Gasteiger partial charge is 0.295 e. The highest BCUT2D eigenvalue weighted by atomic mass is 35.5. The maximum absolute atomic E-state index is 6.74. The quantitative estimate of drug-likeness (QED) is 0.454. The summed E-state index contributed by atoms with van der Waals surface area (Å²) in [5.74, 6) is 0.881. The van der Waals surface area contributed by atoms with Crippen molar-refractivity contribution in [3.8, 4) is 5.69 Å². The van der Waals surface area contributed by atoms with E-state index in [-0.39, 0.29) is 0 Å². The zero-order valence-corrected chi connectivity index (χ0v) is 18.2. The summed E-state index contributed by atoms with van der Waals surface area (Å²) in [6.45, 7) is 10.5. The molecule has 1 aromatic carbocycles. The van der Waals surface area contributed by atoms with Crippen LogP contribution in [0.15, 0.2) is 30.5 Å². The Morgan fingerprint density at radius 2 is 2.00 bits per heavy atom. The second-order valence-electron chi connectivity index (χ2n) is 8.17. The fourth-order valence-corrected chi connectivity index (χ4v) is 4.90. The SMILES string of the molecule is CCN(Cc1c(C)nc2n(-c3c(C)cc(C)cc3Cl)c3ncccc3n12)C1CC1. The molecule has 0 saturated heterocycles. The molecule has 3 aromatic heterocycles. The zero-order valence-electron chi connectivity index (χ0n) is 17.4. The van der Waals surface area contributed by atoms with Crippen LogP contribution in [0.4, 0.5) is 0 Å². The molecule has 0 amide bonds. The van der Waals surface area contributed by atoms with Gasteiger partial charge in [0.05, 0.1) is 27.6 Å². The Labute approximate surface area is 175 Å². The highest BCUT2D eigenvalue weighted by Gasteiger charge is 2.30. The molecule has 150 valence electrons. The van der Waals surface area contributed by atoms with E-state index in [2.05, 4.69) is 53.7 Å². The first-order chi connectivity index (χ1) is 14.0. The van der Waals surface area contributed by atoms with E-state index in [0.29, 0.717) is 6.04 Å². The maximum Gasteiger partial charge on any atom is 0.221 e. The third-order valence-corrected chi connectivity index (χ3v) is 6.31. The standard InChI is InChI=1S/C23H26ClN5/c1-5-27(17-8-9-17)13-20-16(4)26-23-28(20)19-7-6-10-25-22(19)29(23)21-15(3)11-14(2)12-18(21)24/h6-7,10-12,17H,5,8-9,13H2,1-4H3. The topological polar surface area (TPSA) is 38.4 Å². The monoisotopic (exact) mass is 407 g/mol. The molecule has 0 unspecified atom stereocenters. The fourth-order valence-electron chi connectivity index (χ4n) is 4.49. The minimum absolute atomic E-state index is 0.713. The molecule has 5 rings (SSSR count). The summed E-state index contributed by atoms with van der Waals surface area (Å²) in [5, 5.41) is 0.725. The molecule has 0 radical (unpaired) electrons. The van der Waals surface area contributed by atoms with Crippen molar-refractivity contribution in [2.75, 3.05) is 6.54 Å². The van der Waals surface area contributed by atoms with Crippen LogP contribution in [0.25, 0.3) is 22.6 Å². The molecule has 0 atom stereocenters. The third-order valence-electron chi connectivity index (χ3n) is 6.02. The molecule has 1 saturated carbocycles. The highest BCUT2D eigenvalue weighted by molar-refractivity contribution is 6.32. The van der Waals surface area contributed by atoms with Crippen LogP contribution in [-0.4, -0.2) is 36.4 Å². The van der Waals surface area contributed by atoms with Gasteiger partial charge in [-0.15, -0.1) is 0 Å². The number of fused-ring (bicyclic) bond motifs is 3. The summed E-state index contributed by atoms with van der Waals surface area (Å²) in [4.78, 5) is 12.3. The summed E-state index contributed by atoms with van der Waals surface area (Å²) < 4.78 is 4.40. The smallest absolute Gasteiger partial charge is 0.221 e. The number of benzene rings is 1.